The number of carboxylic acids is 1. The van der Waals surface area contributed by atoms with Gasteiger partial charge in [0.25, 0.3) is 0 Å². The summed E-state index contributed by atoms with van der Waals surface area (Å²) in [6.07, 6.45) is 3.58. The summed E-state index contributed by atoms with van der Waals surface area (Å²) < 4.78 is 0. The van der Waals surface area contributed by atoms with Gasteiger partial charge in [-0.2, -0.15) is 0 Å². The second-order valence-corrected chi connectivity index (χ2v) is 2.63. The van der Waals surface area contributed by atoms with Crippen LogP contribution >= 0.6 is 0 Å². The normalized spacial score (nSPS) is 8.21. The molecule has 0 aliphatic rings. The molecule has 0 saturated carbocycles. The van der Waals surface area contributed by atoms with Gasteiger partial charge in [-0.05, 0) is 40.2 Å². The second-order valence-electron chi connectivity index (χ2n) is 2.63. The van der Waals surface area contributed by atoms with Crippen LogP contribution in [0.1, 0.15) is 49.5 Å². The van der Waals surface area contributed by atoms with E-state index in [1.165, 1.54) is 18.6 Å². The molecule has 0 saturated heterocycles. The van der Waals surface area contributed by atoms with Crippen molar-refractivity contribution in [1.29, 1.82) is 0 Å². The first-order valence-corrected chi connectivity index (χ1v) is 3.89. The molecule has 0 bridgehead atoms. The molecule has 0 unspecified atom stereocenters. The van der Waals surface area contributed by atoms with Crippen LogP contribution in [0.2, 0.25) is 0 Å². The van der Waals surface area contributed by atoms with Crippen LogP contribution in [0.5, 0.6) is 0 Å². The first-order valence-electron chi connectivity index (χ1n) is 3.89. The van der Waals surface area contributed by atoms with E-state index in [0.717, 1.165) is 0 Å². The van der Waals surface area contributed by atoms with Crippen LogP contribution in [-0.2, 0) is 4.79 Å². The highest BCUT2D eigenvalue weighted by atomic mass is 16.4. The van der Waals surface area contributed by atoms with Gasteiger partial charge >= 0.3 is 0 Å². The van der Waals surface area contributed by atoms with E-state index in [0.29, 0.717) is 0 Å². The van der Waals surface area contributed by atoms with Gasteiger partial charge in [0.15, 0.2) is 0 Å². The molecule has 0 radical (unpaired) electrons. The Bertz CT molecular complexity index is 184. The Morgan fingerprint density at radius 1 is 1.00 bits per heavy atom. The van der Waals surface area contributed by atoms with Crippen LogP contribution in [0.4, 0.5) is 0 Å². The third-order valence-electron chi connectivity index (χ3n) is 1.33. The summed E-state index contributed by atoms with van der Waals surface area (Å²) in [5.74, 6) is -1.09. The van der Waals surface area contributed by atoms with Crippen molar-refractivity contribution >= 4 is 5.97 Å². The van der Waals surface area contributed by atoms with Gasteiger partial charge < -0.3 is 9.90 Å². The molecule has 86 valence electrons. The van der Waals surface area contributed by atoms with Gasteiger partial charge in [0.05, 0.1) is 5.97 Å². The lowest BCUT2D eigenvalue weighted by atomic mass is 10.3. The molecule has 14 heavy (non-hydrogen) atoms. The number of hydrogen-bond donors (Lipinski definition) is 0. The molecule has 0 N–H and O–H groups in total. The summed E-state index contributed by atoms with van der Waals surface area (Å²) >= 11 is 0. The average Bonchev–Trinajstić information content (AvgIpc) is 2.04. The van der Waals surface area contributed by atoms with Crippen molar-refractivity contribution in [3.05, 3.63) is 23.3 Å². The van der Waals surface area contributed by atoms with Gasteiger partial charge in [-0.3, -0.25) is 0 Å². The van der Waals surface area contributed by atoms with Crippen LogP contribution in [-0.4, -0.2) is 5.97 Å². The van der Waals surface area contributed by atoms with E-state index < -0.39 is 5.97 Å². The summed E-state index contributed by atoms with van der Waals surface area (Å²) in [4.78, 5) is 9.75. The third kappa shape index (κ3) is 22.4. The Hall–Kier alpha value is -1.05. The zero-order valence-electron chi connectivity index (χ0n) is 8.47. The van der Waals surface area contributed by atoms with Gasteiger partial charge in [-0.25, -0.2) is 0 Å². The van der Waals surface area contributed by atoms with Gasteiger partial charge in [-0.1, -0.05) is 32.6 Å². The van der Waals surface area contributed by atoms with Crippen molar-refractivity contribution in [2.45, 2.75) is 49.5 Å². The molecule has 2 nitrogen and oxygen atoms in total. The Balaban J connectivity index is -0.0000000651. The van der Waals surface area contributed by atoms with Crippen molar-refractivity contribution in [3.8, 4) is 0 Å². The second kappa shape index (κ2) is 14.5. The summed E-state index contributed by atoms with van der Waals surface area (Å²) in [7, 11) is 0. The molecule has 0 spiro atoms. The lowest BCUT2D eigenvalue weighted by Gasteiger charge is -1.96. The number of carbonyl (C=O) groups excluding carboxylic acids is 1. The summed E-state index contributed by atoms with van der Waals surface area (Å²) in [5.41, 5.74) is 1.66. The van der Waals surface area contributed by atoms with Gasteiger partial charge in [0.1, 0.15) is 0 Å². The molecule has 0 amide bonds. The highest BCUT2D eigenvalue weighted by molar-refractivity contribution is 5.83. The van der Waals surface area contributed by atoms with E-state index in [1.54, 1.807) is 6.92 Å². The van der Waals surface area contributed by atoms with Crippen LogP contribution in [0.15, 0.2) is 23.3 Å². The van der Waals surface area contributed by atoms with E-state index in [-0.39, 0.29) is 20.4 Å². The molecule has 2 heteroatoms. The molecule has 0 aromatic heterocycles. The molecule has 0 aromatic carbocycles. The first-order chi connectivity index (χ1) is 5.45. The van der Waals surface area contributed by atoms with Crippen molar-refractivity contribution in [2.24, 2.45) is 0 Å². The van der Waals surface area contributed by atoms with E-state index in [2.05, 4.69) is 19.9 Å². The lowest BCUT2D eigenvalue weighted by molar-refractivity contribution is -0.299. The van der Waals surface area contributed by atoms with Crippen molar-refractivity contribution in [3.63, 3.8) is 0 Å². The molecule has 0 aliphatic carbocycles. The van der Waals surface area contributed by atoms with Crippen LogP contribution in [0.3, 0.4) is 0 Å². The maximum absolute atomic E-state index is 9.75. The maximum Gasteiger partial charge on any atom is 0.0668 e. The van der Waals surface area contributed by atoms with Gasteiger partial charge in [0.2, 0.25) is 0 Å². The highest BCUT2D eigenvalue weighted by Crippen LogP contribution is 1.85. The first kappa shape index (κ1) is 23.1. The molecule has 0 atom stereocenters. The number of carbonyl (C=O) groups is 1. The molecule has 0 heterocycles. The number of carboxylic acid groups (broad SMARTS) is 1. The summed E-state index contributed by atoms with van der Waals surface area (Å²) in [6, 6.07) is 0. The predicted octanol–water partition coefficient (Wildman–Crippen LogP) is 2.95. The Morgan fingerprint density at radius 3 is 1.29 bits per heavy atom. The van der Waals surface area contributed by atoms with Crippen molar-refractivity contribution in [2.75, 3.05) is 0 Å². The number of rotatable bonds is 1. The van der Waals surface area contributed by atoms with Crippen LogP contribution in [0, 0.1) is 0 Å². The third-order valence-corrected chi connectivity index (χ3v) is 1.33. The summed E-state index contributed by atoms with van der Waals surface area (Å²) in [5, 5.41) is 9.75. The standard InChI is InChI=1S/C5H8O2.C5H10.2CH4/c1-3-4(2)5(6)7;1-4-5(2)3;;/h3H,1-2H3,(H,6,7);4H,1-3H3;2*1H4/p-1/b4-3+;;;. The van der Waals surface area contributed by atoms with Crippen molar-refractivity contribution < 1.29 is 9.90 Å². The molecule has 0 aromatic rings. The minimum Gasteiger partial charge on any atom is -0.545 e. The average molecular weight is 201 g/mol. The number of allylic oxidation sites excluding steroid dienone is 3. The highest BCUT2D eigenvalue weighted by Gasteiger charge is 1.80. The van der Waals surface area contributed by atoms with Gasteiger partial charge in [-0.15, -0.1) is 0 Å². The fourth-order valence-corrected chi connectivity index (χ4v) is 0.118. The van der Waals surface area contributed by atoms with Crippen LogP contribution in [0.25, 0.3) is 0 Å². The SMILES string of the molecule is C.C.C/C=C(\C)C(=O)[O-].CC=C(C)C. The quantitative estimate of drug-likeness (QED) is 0.483. The fraction of sp³-hybridized carbons (Fsp3) is 0.583. The molecular weight excluding hydrogens is 176 g/mol. The molecular formula is C12H25O2-. The number of aliphatic carboxylic acids is 1. The van der Waals surface area contributed by atoms with Crippen LogP contribution < -0.4 is 5.11 Å². The largest absolute Gasteiger partial charge is 0.545 e. The monoisotopic (exact) mass is 201 g/mol. The lowest BCUT2D eigenvalue weighted by Crippen LogP contribution is -2.22. The Kier molecular flexibility index (Phi) is 23.9. The fourth-order valence-electron chi connectivity index (χ4n) is 0.118. The Labute approximate surface area is 89.3 Å². The minimum atomic E-state index is -1.09. The van der Waals surface area contributed by atoms with Crippen molar-refractivity contribution in [1.82, 2.24) is 0 Å². The van der Waals surface area contributed by atoms with E-state index >= 15 is 0 Å². The smallest absolute Gasteiger partial charge is 0.0668 e. The number of hydrogen-bond acceptors (Lipinski definition) is 2. The minimum absolute atomic E-state index is 0. The van der Waals surface area contributed by atoms with E-state index in [9.17, 15) is 9.90 Å². The topological polar surface area (TPSA) is 40.1 Å². The molecule has 0 fully saturated rings. The van der Waals surface area contributed by atoms with E-state index in [1.807, 2.05) is 6.92 Å². The predicted molar refractivity (Wildman–Crippen MR) is 63.0 cm³/mol. The molecule has 0 rings (SSSR count). The maximum atomic E-state index is 9.75. The molecule has 0 aliphatic heterocycles. The van der Waals surface area contributed by atoms with E-state index in [4.69, 9.17) is 0 Å². The summed E-state index contributed by atoms with van der Waals surface area (Å²) in [6.45, 7) is 9.36. The zero-order valence-corrected chi connectivity index (χ0v) is 8.47. The van der Waals surface area contributed by atoms with Gasteiger partial charge in [0, 0.05) is 0 Å². The zero-order chi connectivity index (χ0) is 10.1. The Morgan fingerprint density at radius 2 is 1.29 bits per heavy atom.